The van der Waals surface area contributed by atoms with Crippen LogP contribution in [0.1, 0.15) is 18.1 Å². The van der Waals surface area contributed by atoms with Gasteiger partial charge in [-0.15, -0.1) is 0 Å². The number of methoxy groups -OCH3 is 1. The zero-order chi connectivity index (χ0) is 19.8. The minimum atomic E-state index is -4.51. The van der Waals surface area contributed by atoms with Crippen molar-refractivity contribution in [1.29, 1.82) is 0 Å². The van der Waals surface area contributed by atoms with Crippen molar-refractivity contribution in [3.63, 3.8) is 0 Å². The van der Waals surface area contributed by atoms with Gasteiger partial charge in [-0.1, -0.05) is 17.7 Å². The summed E-state index contributed by atoms with van der Waals surface area (Å²) in [6.07, 6.45) is -2.95. The number of alkyl halides is 3. The molecular formula is C19H14ClF3N2O2. The van der Waals surface area contributed by atoms with Gasteiger partial charge in [0, 0.05) is 10.6 Å². The van der Waals surface area contributed by atoms with E-state index < -0.39 is 17.6 Å². The van der Waals surface area contributed by atoms with Crippen LogP contribution in [-0.4, -0.2) is 18.7 Å². The smallest absolute Gasteiger partial charge is 0.416 e. The van der Waals surface area contributed by atoms with E-state index in [1.54, 1.807) is 31.2 Å². The lowest BCUT2D eigenvalue weighted by Crippen LogP contribution is -2.21. The molecule has 2 aromatic carbocycles. The second-order valence-corrected chi connectivity index (χ2v) is 6.23. The highest BCUT2D eigenvalue weighted by Crippen LogP contribution is 2.34. The minimum absolute atomic E-state index is 0.0376. The Labute approximate surface area is 158 Å². The Morgan fingerprint density at radius 2 is 1.93 bits per heavy atom. The van der Waals surface area contributed by atoms with Gasteiger partial charge < -0.3 is 4.74 Å². The van der Waals surface area contributed by atoms with Crippen molar-refractivity contribution in [3.8, 4) is 5.75 Å². The number of benzene rings is 2. The standard InChI is InChI=1S/C19H14ClF3N2O2/c1-11-16(9-12-8-14(20)6-7-17(12)27-2)18(26)25(24-11)15-5-3-4-13(10-15)19(21,22)23/h3-10H,1-2H3. The predicted octanol–water partition coefficient (Wildman–Crippen LogP) is 5.17. The summed E-state index contributed by atoms with van der Waals surface area (Å²) in [5, 5.41) is 5.52. The second kappa shape index (κ2) is 7.08. The molecule has 0 spiro atoms. The normalized spacial score (nSPS) is 16.1. The minimum Gasteiger partial charge on any atom is -0.496 e. The molecule has 0 saturated heterocycles. The third-order valence-electron chi connectivity index (χ3n) is 3.97. The highest BCUT2D eigenvalue weighted by atomic mass is 35.5. The van der Waals surface area contributed by atoms with Gasteiger partial charge in [0.15, 0.2) is 0 Å². The summed E-state index contributed by atoms with van der Waals surface area (Å²) >= 11 is 6.00. The van der Waals surface area contributed by atoms with E-state index in [1.807, 2.05) is 0 Å². The fraction of sp³-hybridized carbons (Fsp3) is 0.158. The zero-order valence-electron chi connectivity index (χ0n) is 14.3. The molecule has 0 fully saturated rings. The highest BCUT2D eigenvalue weighted by Gasteiger charge is 2.33. The molecule has 4 nitrogen and oxygen atoms in total. The van der Waals surface area contributed by atoms with Crippen molar-refractivity contribution < 1.29 is 22.7 Å². The third kappa shape index (κ3) is 3.83. The first-order chi connectivity index (χ1) is 12.7. The van der Waals surface area contributed by atoms with Crippen LogP contribution in [0.5, 0.6) is 5.75 Å². The largest absolute Gasteiger partial charge is 0.496 e. The lowest BCUT2D eigenvalue weighted by Gasteiger charge is -2.14. The van der Waals surface area contributed by atoms with Crippen molar-refractivity contribution in [2.24, 2.45) is 5.10 Å². The van der Waals surface area contributed by atoms with Gasteiger partial charge in [-0.2, -0.15) is 23.3 Å². The molecule has 1 aliphatic heterocycles. The first kappa shape index (κ1) is 19.0. The molecule has 0 bridgehead atoms. The number of hydrogen-bond acceptors (Lipinski definition) is 3. The maximum Gasteiger partial charge on any atom is 0.416 e. The SMILES string of the molecule is COc1ccc(Cl)cc1C=C1C(=O)N(c2cccc(C(F)(F)F)c2)N=C1C. The van der Waals surface area contributed by atoms with Crippen molar-refractivity contribution in [2.45, 2.75) is 13.1 Å². The van der Waals surface area contributed by atoms with Crippen LogP contribution in [0.4, 0.5) is 18.9 Å². The van der Waals surface area contributed by atoms with Gasteiger partial charge in [-0.05, 0) is 49.4 Å². The van der Waals surface area contributed by atoms with E-state index in [4.69, 9.17) is 16.3 Å². The maximum absolute atomic E-state index is 12.9. The molecule has 1 heterocycles. The van der Waals surface area contributed by atoms with E-state index in [2.05, 4.69) is 5.10 Å². The summed E-state index contributed by atoms with van der Waals surface area (Å²) in [6.45, 7) is 1.61. The van der Waals surface area contributed by atoms with Crippen LogP contribution in [0.25, 0.3) is 6.08 Å². The zero-order valence-corrected chi connectivity index (χ0v) is 15.1. The lowest BCUT2D eigenvalue weighted by molar-refractivity contribution is -0.137. The molecule has 0 unspecified atom stereocenters. The fourth-order valence-corrected chi connectivity index (χ4v) is 2.83. The van der Waals surface area contributed by atoms with Crippen LogP contribution in [0.3, 0.4) is 0 Å². The van der Waals surface area contributed by atoms with Gasteiger partial charge >= 0.3 is 6.18 Å². The van der Waals surface area contributed by atoms with Crippen LogP contribution in [0, 0.1) is 0 Å². The van der Waals surface area contributed by atoms with Crippen LogP contribution in [-0.2, 0) is 11.0 Å². The van der Waals surface area contributed by atoms with Crippen LogP contribution in [0.15, 0.2) is 53.1 Å². The van der Waals surface area contributed by atoms with Crippen molar-refractivity contribution in [1.82, 2.24) is 0 Å². The number of hydrogen-bond donors (Lipinski definition) is 0. The number of carbonyl (C=O) groups is 1. The Kier molecular flexibility index (Phi) is 4.97. The van der Waals surface area contributed by atoms with Gasteiger partial charge in [0.2, 0.25) is 0 Å². The number of rotatable bonds is 3. The van der Waals surface area contributed by atoms with E-state index in [0.717, 1.165) is 17.1 Å². The van der Waals surface area contributed by atoms with Gasteiger partial charge in [-0.3, -0.25) is 4.79 Å². The van der Waals surface area contributed by atoms with Crippen molar-refractivity contribution in [3.05, 3.63) is 64.2 Å². The third-order valence-corrected chi connectivity index (χ3v) is 4.21. The number of halogens is 4. The molecule has 3 rings (SSSR count). The van der Waals surface area contributed by atoms with Crippen LogP contribution >= 0.6 is 11.6 Å². The van der Waals surface area contributed by atoms with Gasteiger partial charge in [0.25, 0.3) is 5.91 Å². The van der Waals surface area contributed by atoms with E-state index in [0.29, 0.717) is 22.0 Å². The summed E-state index contributed by atoms with van der Waals surface area (Å²) in [7, 11) is 1.48. The average Bonchev–Trinajstić information content (AvgIpc) is 2.89. The summed E-state index contributed by atoms with van der Waals surface area (Å²) in [5.74, 6) is -0.0288. The lowest BCUT2D eigenvalue weighted by atomic mass is 10.1. The van der Waals surface area contributed by atoms with Gasteiger partial charge in [-0.25, -0.2) is 0 Å². The van der Waals surface area contributed by atoms with Crippen LogP contribution < -0.4 is 9.75 Å². The summed E-state index contributed by atoms with van der Waals surface area (Å²) in [4.78, 5) is 12.8. The number of hydrazone groups is 1. The molecular weight excluding hydrogens is 381 g/mol. The number of anilines is 1. The maximum atomic E-state index is 12.9. The van der Waals surface area contributed by atoms with Gasteiger partial charge in [0.1, 0.15) is 5.75 Å². The Hall–Kier alpha value is -2.80. The summed E-state index contributed by atoms with van der Waals surface area (Å²) in [5.41, 5.74) is 0.367. The number of carbonyl (C=O) groups excluding carboxylic acids is 1. The fourth-order valence-electron chi connectivity index (χ4n) is 2.65. The molecule has 2 aromatic rings. The molecule has 140 valence electrons. The van der Waals surface area contributed by atoms with E-state index in [1.165, 1.54) is 19.2 Å². The molecule has 0 N–H and O–H groups in total. The monoisotopic (exact) mass is 394 g/mol. The molecule has 8 heteroatoms. The second-order valence-electron chi connectivity index (χ2n) is 5.79. The summed E-state index contributed by atoms with van der Waals surface area (Å²) < 4.78 is 44.1. The highest BCUT2D eigenvalue weighted by molar-refractivity contribution is 6.33. The van der Waals surface area contributed by atoms with Gasteiger partial charge in [0.05, 0.1) is 29.6 Å². The van der Waals surface area contributed by atoms with Crippen molar-refractivity contribution in [2.75, 3.05) is 12.1 Å². The average molecular weight is 395 g/mol. The molecule has 1 aliphatic rings. The molecule has 27 heavy (non-hydrogen) atoms. The topological polar surface area (TPSA) is 41.9 Å². The number of amides is 1. The summed E-state index contributed by atoms with van der Waals surface area (Å²) in [6, 6.07) is 9.39. The quantitative estimate of drug-likeness (QED) is 0.674. The number of nitrogens with zero attached hydrogens (tertiary/aromatic N) is 2. The van der Waals surface area contributed by atoms with E-state index in [-0.39, 0.29) is 11.3 Å². The first-order valence-electron chi connectivity index (χ1n) is 7.83. The van der Waals surface area contributed by atoms with Crippen molar-refractivity contribution >= 4 is 35.0 Å². The molecule has 0 aromatic heterocycles. The molecule has 1 amide bonds. The van der Waals surface area contributed by atoms with E-state index >= 15 is 0 Å². The molecule has 0 aliphatic carbocycles. The van der Waals surface area contributed by atoms with Crippen LogP contribution in [0.2, 0.25) is 5.02 Å². The number of ether oxygens (including phenoxy) is 1. The molecule has 0 radical (unpaired) electrons. The Bertz CT molecular complexity index is 968. The first-order valence-corrected chi connectivity index (χ1v) is 8.21. The Balaban J connectivity index is 1.99. The van der Waals surface area contributed by atoms with E-state index in [9.17, 15) is 18.0 Å². The Morgan fingerprint density at radius 1 is 1.19 bits per heavy atom. The molecule has 0 saturated carbocycles. The molecule has 0 atom stereocenters. The predicted molar refractivity (Wildman–Crippen MR) is 98.0 cm³/mol. The Morgan fingerprint density at radius 3 is 2.59 bits per heavy atom.